The van der Waals surface area contributed by atoms with E-state index in [1.807, 2.05) is 95.2 Å². The lowest BCUT2D eigenvalue weighted by atomic mass is 9.57. The van der Waals surface area contributed by atoms with Gasteiger partial charge in [-0.25, -0.2) is 13.6 Å². The maximum Gasteiger partial charge on any atom is 0.392 e. The molecule has 3 aromatic carbocycles. The number of aromatic hydroxyl groups is 3. The zero-order valence-corrected chi connectivity index (χ0v) is 33.9. The molecule has 52 heavy (non-hydrogen) atoms. The standard InChI is InChI=1S/C37H43O12P3/c1-17-13-24(38)22(31(4,5)6)15-20(17)34(21-16-23(32(7,8)9)25(39)14-18(21)2)26-19(3)29-28(40)27(33(10,11)12)30(26)42-50(41-29)47-37-36(46-52(48-37)49-37)35(34)43-51(44-35)45-36/h13-16,38-40H,1-12H3. The molecule has 9 heterocycles. The van der Waals surface area contributed by atoms with Crippen LogP contribution in [-0.4, -0.2) is 32.9 Å². The van der Waals surface area contributed by atoms with Gasteiger partial charge in [0.25, 0.3) is 5.79 Å². The van der Waals surface area contributed by atoms with Crippen molar-refractivity contribution in [1.82, 2.24) is 0 Å². The van der Waals surface area contributed by atoms with E-state index in [4.69, 9.17) is 40.1 Å². The van der Waals surface area contributed by atoms with Crippen LogP contribution in [0.25, 0.3) is 11.2 Å². The smallest absolute Gasteiger partial charge is 0.392 e. The summed E-state index contributed by atoms with van der Waals surface area (Å²) in [6.45, 7) is 23.8. The third-order valence-corrected chi connectivity index (χ3v) is 14.4. The fraction of sp³-hybridized carbons (Fsp3) is 0.514. The number of aryl methyl sites for hydroxylation is 3. The van der Waals surface area contributed by atoms with Crippen molar-refractivity contribution in [2.45, 2.75) is 122 Å². The average molecular weight is 773 g/mol. The summed E-state index contributed by atoms with van der Waals surface area (Å²) in [7, 11) is -6.32. The minimum absolute atomic E-state index is 0.0792. The molecule has 278 valence electrons. The Balaban J connectivity index is 1.61. The van der Waals surface area contributed by atoms with Crippen molar-refractivity contribution in [2.75, 3.05) is 0 Å². The highest BCUT2D eigenvalue weighted by atomic mass is 31.2. The molecule has 0 amide bonds. The summed E-state index contributed by atoms with van der Waals surface area (Å²) in [5.41, 5.74) is 2.68. The topological polar surface area (TPSA) is 152 Å². The first-order valence-corrected chi connectivity index (χ1v) is 20.5. The van der Waals surface area contributed by atoms with Gasteiger partial charge in [-0.1, -0.05) is 62.3 Å². The van der Waals surface area contributed by atoms with E-state index in [1.165, 1.54) is 0 Å². The summed E-state index contributed by atoms with van der Waals surface area (Å²) in [4.78, 5) is 0. The minimum Gasteiger partial charge on any atom is -0.508 e. The molecule has 12 rings (SSSR count). The maximum atomic E-state index is 12.1. The van der Waals surface area contributed by atoms with Gasteiger partial charge < -0.3 is 23.7 Å². The van der Waals surface area contributed by atoms with E-state index in [2.05, 4.69) is 0 Å². The Morgan fingerprint density at radius 2 is 1.02 bits per heavy atom. The Hall–Kier alpha value is -2.46. The molecule has 5 aromatic rings. The number of phenolic OH excluding ortho intramolecular Hbond substituents is 3. The Morgan fingerprint density at radius 3 is 1.50 bits per heavy atom. The zero-order valence-electron chi connectivity index (χ0n) is 31.2. The van der Waals surface area contributed by atoms with E-state index in [1.54, 1.807) is 12.1 Å². The first kappa shape index (κ1) is 35.3. The quantitative estimate of drug-likeness (QED) is 0.166. The van der Waals surface area contributed by atoms with Gasteiger partial charge in [-0.05, 0) is 94.7 Å². The molecule has 12 nitrogen and oxygen atoms in total. The van der Waals surface area contributed by atoms with Crippen molar-refractivity contribution in [3.63, 3.8) is 0 Å². The van der Waals surface area contributed by atoms with Gasteiger partial charge in [-0.3, -0.25) is 18.1 Å². The van der Waals surface area contributed by atoms with Gasteiger partial charge in [-0.15, -0.1) is 0 Å². The molecule has 6 fully saturated rings. The summed E-state index contributed by atoms with van der Waals surface area (Å²) >= 11 is 0. The molecule has 8 bridgehead atoms. The largest absolute Gasteiger partial charge is 0.508 e. The summed E-state index contributed by atoms with van der Waals surface area (Å²) in [6, 6.07) is 7.45. The van der Waals surface area contributed by atoms with Crippen LogP contribution >= 0.6 is 25.4 Å². The van der Waals surface area contributed by atoms with Crippen LogP contribution in [0.4, 0.5) is 0 Å². The lowest BCUT2D eigenvalue weighted by molar-refractivity contribution is -0.401. The monoisotopic (exact) mass is 772 g/mol. The Kier molecular flexibility index (Phi) is 6.94. The van der Waals surface area contributed by atoms with E-state index in [-0.39, 0.29) is 22.8 Å². The summed E-state index contributed by atoms with van der Waals surface area (Å²) < 4.78 is 59.7. The predicted molar refractivity (Wildman–Crippen MR) is 193 cm³/mol. The molecule has 2 aromatic heterocycles. The molecule has 15 heteroatoms. The van der Waals surface area contributed by atoms with Gasteiger partial charge in [-0.2, -0.15) is 0 Å². The Morgan fingerprint density at radius 1 is 0.558 bits per heavy atom. The van der Waals surface area contributed by atoms with E-state index in [0.29, 0.717) is 55.7 Å². The fourth-order valence-corrected chi connectivity index (χ4v) is 12.8. The number of benzene rings is 3. The number of phenols is 3. The second-order valence-corrected chi connectivity index (χ2v) is 20.5. The highest BCUT2D eigenvalue weighted by Gasteiger charge is 2.98. The lowest BCUT2D eigenvalue weighted by Gasteiger charge is -2.55. The lowest BCUT2D eigenvalue weighted by Crippen LogP contribution is -2.74. The normalized spacial score (nSPS) is 30.3. The molecule has 2 atom stereocenters. The van der Waals surface area contributed by atoms with Crippen LogP contribution in [0.5, 0.6) is 17.2 Å². The molecular formula is C37H43O12P3. The van der Waals surface area contributed by atoms with Gasteiger partial charge in [0.2, 0.25) is 0 Å². The van der Waals surface area contributed by atoms with Crippen LogP contribution in [0, 0.1) is 20.8 Å². The summed E-state index contributed by atoms with van der Waals surface area (Å²) in [6.07, 6.45) is 0. The Bertz CT molecular complexity index is 2180. The zero-order chi connectivity index (χ0) is 37.5. The molecule has 0 aliphatic carbocycles. The number of rotatable bonds is 2. The van der Waals surface area contributed by atoms with Gasteiger partial charge in [0.15, 0.2) is 11.3 Å². The molecule has 7 aliphatic heterocycles. The van der Waals surface area contributed by atoms with Crippen molar-refractivity contribution in [1.29, 1.82) is 0 Å². The van der Waals surface area contributed by atoms with Gasteiger partial charge in [0, 0.05) is 16.7 Å². The van der Waals surface area contributed by atoms with E-state index < -0.39 is 64.7 Å². The maximum absolute atomic E-state index is 12.1. The highest BCUT2D eigenvalue weighted by Crippen LogP contribution is 2.89. The third kappa shape index (κ3) is 4.05. The van der Waals surface area contributed by atoms with Crippen molar-refractivity contribution < 1.29 is 55.4 Å². The molecular weight excluding hydrogens is 729 g/mol. The molecule has 7 aliphatic rings. The highest BCUT2D eigenvalue weighted by molar-refractivity contribution is 7.45. The van der Waals surface area contributed by atoms with Crippen LogP contribution in [0.3, 0.4) is 0 Å². The van der Waals surface area contributed by atoms with Crippen molar-refractivity contribution in [2.24, 2.45) is 0 Å². The summed E-state index contributed by atoms with van der Waals surface area (Å²) in [5, 5.41) is 35.2. The molecule has 2 unspecified atom stereocenters. The van der Waals surface area contributed by atoms with Crippen molar-refractivity contribution in [3.05, 3.63) is 74.3 Å². The van der Waals surface area contributed by atoms with Crippen molar-refractivity contribution in [3.8, 4) is 17.2 Å². The van der Waals surface area contributed by atoms with Gasteiger partial charge in [0.05, 0.1) is 0 Å². The number of hydrogen-bond acceptors (Lipinski definition) is 12. The van der Waals surface area contributed by atoms with Crippen LogP contribution in [0.1, 0.15) is 112 Å². The number of hydrogen-bond donors (Lipinski definition) is 3. The molecule has 0 radical (unpaired) electrons. The van der Waals surface area contributed by atoms with Crippen LogP contribution in [0.15, 0.2) is 32.7 Å². The Labute approximate surface area is 305 Å². The number of fused-ring (bicyclic) bond motifs is 1. The second kappa shape index (κ2) is 10.2. The van der Waals surface area contributed by atoms with Gasteiger partial charge in [0.1, 0.15) is 22.5 Å². The minimum atomic E-state index is -2.36. The van der Waals surface area contributed by atoms with Crippen molar-refractivity contribution >= 4 is 36.6 Å². The van der Waals surface area contributed by atoms with E-state index in [0.717, 1.165) is 0 Å². The molecule has 0 saturated carbocycles. The molecule has 3 spiro atoms. The van der Waals surface area contributed by atoms with Gasteiger partial charge >= 0.3 is 37.2 Å². The second-order valence-electron chi connectivity index (χ2n) is 17.5. The van der Waals surface area contributed by atoms with Crippen LogP contribution in [0.2, 0.25) is 0 Å². The van der Waals surface area contributed by atoms with E-state index >= 15 is 0 Å². The SMILES string of the molecule is Cc1cc(O)c(C(C)(C)C)cc1C1(c2cc(C(C)(C)C)c(O)cc2C)c2c(C)c3op(oc2c(C(C)(C)C)c3O)OC23OP(O2)OC32OP3OC12O3. The van der Waals surface area contributed by atoms with Crippen LogP contribution < -0.4 is 4.52 Å². The van der Waals surface area contributed by atoms with Crippen LogP contribution in [-0.2, 0) is 48.8 Å². The first-order valence-electron chi connectivity index (χ1n) is 17.2. The third-order valence-electron chi connectivity index (χ3n) is 10.9. The average Bonchev–Trinajstić information content (AvgIpc) is 3.60. The predicted octanol–water partition coefficient (Wildman–Crippen LogP) is 9.94. The molecule has 6 saturated heterocycles. The summed E-state index contributed by atoms with van der Waals surface area (Å²) in [5.74, 6) is -5.77. The first-order chi connectivity index (χ1) is 24.0. The fourth-order valence-electron chi connectivity index (χ4n) is 8.66. The van der Waals surface area contributed by atoms with E-state index in [9.17, 15) is 15.3 Å². The molecule has 3 N–H and O–H groups in total.